The van der Waals surface area contributed by atoms with E-state index in [1.165, 1.54) is 6.92 Å². The summed E-state index contributed by atoms with van der Waals surface area (Å²) in [6.07, 6.45) is -0.953. The van der Waals surface area contributed by atoms with Crippen molar-refractivity contribution in [3.63, 3.8) is 0 Å². The van der Waals surface area contributed by atoms with Crippen LogP contribution in [0.3, 0.4) is 0 Å². The summed E-state index contributed by atoms with van der Waals surface area (Å²) >= 11 is 0. The maximum Gasteiger partial charge on any atom is 0.342 e. The van der Waals surface area contributed by atoms with Crippen LogP contribution in [0.15, 0.2) is 65.1 Å². The first kappa shape index (κ1) is 20.2. The van der Waals surface area contributed by atoms with Gasteiger partial charge in [0, 0.05) is 5.69 Å². The summed E-state index contributed by atoms with van der Waals surface area (Å²) < 4.78 is 16.3. The number of nitrogens with one attached hydrogen (secondary N) is 1. The Morgan fingerprint density at radius 3 is 2.34 bits per heavy atom. The van der Waals surface area contributed by atoms with E-state index in [1.54, 1.807) is 44.2 Å². The highest BCUT2D eigenvalue weighted by molar-refractivity contribution is 5.97. The van der Waals surface area contributed by atoms with Gasteiger partial charge in [-0.3, -0.25) is 4.79 Å². The zero-order valence-electron chi connectivity index (χ0n) is 16.6. The third-order valence-electron chi connectivity index (χ3n) is 4.28. The van der Waals surface area contributed by atoms with Gasteiger partial charge in [0.25, 0.3) is 5.91 Å². The third-order valence-corrected chi connectivity index (χ3v) is 4.28. The number of esters is 1. The van der Waals surface area contributed by atoms with Crippen LogP contribution in [-0.4, -0.2) is 18.0 Å². The highest BCUT2D eigenvalue weighted by Gasteiger charge is 2.22. The van der Waals surface area contributed by atoms with E-state index in [9.17, 15) is 9.59 Å². The predicted molar refractivity (Wildman–Crippen MR) is 109 cm³/mol. The molecule has 29 heavy (non-hydrogen) atoms. The summed E-state index contributed by atoms with van der Waals surface area (Å²) in [5.41, 5.74) is 1.98. The van der Waals surface area contributed by atoms with Crippen LogP contribution in [0.1, 0.15) is 34.4 Å². The van der Waals surface area contributed by atoms with Gasteiger partial charge in [-0.1, -0.05) is 30.3 Å². The minimum Gasteiger partial charge on any atom is -0.489 e. The lowest BCUT2D eigenvalue weighted by molar-refractivity contribution is -0.123. The second-order valence-corrected chi connectivity index (χ2v) is 6.66. The molecular formula is C23H23NO5. The SMILES string of the molecule is Cc1cc(C(=O)O[C@H](C)C(=O)Nc2ccc(OCc3ccccc3)cc2)c(C)o1. The number of carbonyl (C=O) groups is 2. The lowest BCUT2D eigenvalue weighted by Crippen LogP contribution is -2.30. The molecule has 1 heterocycles. The van der Waals surface area contributed by atoms with Crippen molar-refractivity contribution in [2.24, 2.45) is 0 Å². The van der Waals surface area contributed by atoms with Gasteiger partial charge in [0.05, 0.1) is 0 Å². The molecule has 0 bridgehead atoms. The molecule has 2 aromatic carbocycles. The molecule has 6 nitrogen and oxygen atoms in total. The summed E-state index contributed by atoms with van der Waals surface area (Å²) in [5, 5.41) is 2.72. The summed E-state index contributed by atoms with van der Waals surface area (Å²) in [4.78, 5) is 24.5. The van der Waals surface area contributed by atoms with Crippen LogP contribution in [0.5, 0.6) is 5.75 Å². The molecule has 3 rings (SSSR count). The first-order chi connectivity index (χ1) is 13.9. The lowest BCUT2D eigenvalue weighted by atomic mass is 10.2. The van der Waals surface area contributed by atoms with Gasteiger partial charge < -0.3 is 19.2 Å². The fourth-order valence-electron chi connectivity index (χ4n) is 2.73. The maximum absolute atomic E-state index is 12.3. The predicted octanol–water partition coefficient (Wildman–Crippen LogP) is 4.66. The zero-order valence-corrected chi connectivity index (χ0v) is 16.6. The molecule has 1 aromatic heterocycles. The molecule has 0 spiro atoms. The van der Waals surface area contributed by atoms with E-state index in [0.717, 1.165) is 5.56 Å². The highest BCUT2D eigenvalue weighted by Crippen LogP contribution is 2.19. The Morgan fingerprint density at radius 2 is 1.72 bits per heavy atom. The quantitative estimate of drug-likeness (QED) is 0.591. The number of furan rings is 1. The molecule has 0 unspecified atom stereocenters. The largest absolute Gasteiger partial charge is 0.489 e. The van der Waals surface area contributed by atoms with Gasteiger partial charge >= 0.3 is 5.97 Å². The molecule has 1 N–H and O–H groups in total. The average Bonchev–Trinajstić information content (AvgIpc) is 3.06. The van der Waals surface area contributed by atoms with Gasteiger partial charge in [0.2, 0.25) is 0 Å². The number of rotatable bonds is 7. The van der Waals surface area contributed by atoms with E-state index in [4.69, 9.17) is 13.9 Å². The fraction of sp³-hybridized carbons (Fsp3) is 0.217. The number of hydrogen-bond acceptors (Lipinski definition) is 5. The van der Waals surface area contributed by atoms with Crippen molar-refractivity contribution in [3.8, 4) is 5.75 Å². The lowest BCUT2D eigenvalue weighted by Gasteiger charge is -2.13. The molecule has 0 saturated carbocycles. The number of hydrogen-bond donors (Lipinski definition) is 1. The number of aryl methyl sites for hydroxylation is 2. The monoisotopic (exact) mass is 393 g/mol. The summed E-state index contributed by atoms with van der Waals surface area (Å²) in [6, 6.07) is 18.5. The Kier molecular flexibility index (Phi) is 6.34. The Bertz CT molecular complexity index is 976. The molecule has 6 heteroatoms. The Morgan fingerprint density at radius 1 is 1.03 bits per heavy atom. The van der Waals surface area contributed by atoms with E-state index in [-0.39, 0.29) is 0 Å². The van der Waals surface area contributed by atoms with Crippen LogP contribution >= 0.6 is 0 Å². The average molecular weight is 393 g/mol. The number of benzene rings is 2. The van der Waals surface area contributed by atoms with E-state index in [2.05, 4.69) is 5.32 Å². The van der Waals surface area contributed by atoms with Gasteiger partial charge in [0.1, 0.15) is 29.4 Å². The molecule has 0 aliphatic rings. The van der Waals surface area contributed by atoms with Crippen molar-refractivity contribution in [3.05, 3.63) is 83.3 Å². The van der Waals surface area contributed by atoms with Crippen molar-refractivity contribution >= 4 is 17.6 Å². The third kappa shape index (κ3) is 5.48. The second kappa shape index (κ2) is 9.10. The fourth-order valence-corrected chi connectivity index (χ4v) is 2.73. The summed E-state index contributed by atoms with van der Waals surface area (Å²) in [6.45, 7) is 5.40. The zero-order chi connectivity index (χ0) is 20.8. The van der Waals surface area contributed by atoms with Crippen molar-refractivity contribution in [2.45, 2.75) is 33.5 Å². The van der Waals surface area contributed by atoms with E-state index in [0.29, 0.717) is 35.1 Å². The second-order valence-electron chi connectivity index (χ2n) is 6.66. The van der Waals surface area contributed by atoms with Gasteiger partial charge in [0.15, 0.2) is 6.10 Å². The number of amides is 1. The molecule has 0 radical (unpaired) electrons. The van der Waals surface area contributed by atoms with Crippen molar-refractivity contribution in [1.82, 2.24) is 0 Å². The molecule has 150 valence electrons. The molecule has 0 aliphatic carbocycles. The van der Waals surface area contributed by atoms with Gasteiger partial charge in [-0.25, -0.2) is 4.79 Å². The van der Waals surface area contributed by atoms with Gasteiger partial charge in [-0.15, -0.1) is 0 Å². The Balaban J connectivity index is 1.51. The smallest absolute Gasteiger partial charge is 0.342 e. The molecule has 1 amide bonds. The van der Waals surface area contributed by atoms with Crippen LogP contribution < -0.4 is 10.1 Å². The van der Waals surface area contributed by atoms with E-state index < -0.39 is 18.0 Å². The molecule has 0 aliphatic heterocycles. The van der Waals surface area contributed by atoms with E-state index >= 15 is 0 Å². The van der Waals surface area contributed by atoms with Gasteiger partial charge in [-0.2, -0.15) is 0 Å². The summed E-state index contributed by atoms with van der Waals surface area (Å²) in [7, 11) is 0. The van der Waals surface area contributed by atoms with Crippen LogP contribution in [-0.2, 0) is 16.1 Å². The highest BCUT2D eigenvalue weighted by atomic mass is 16.5. The molecule has 0 saturated heterocycles. The van der Waals surface area contributed by atoms with Crippen LogP contribution in [0.2, 0.25) is 0 Å². The van der Waals surface area contributed by atoms with Crippen LogP contribution in [0.4, 0.5) is 5.69 Å². The molecule has 0 fully saturated rings. The Labute approximate surface area is 169 Å². The topological polar surface area (TPSA) is 77.8 Å². The van der Waals surface area contributed by atoms with Crippen LogP contribution in [0, 0.1) is 13.8 Å². The molecule has 3 aromatic rings. The number of carbonyl (C=O) groups excluding carboxylic acids is 2. The van der Waals surface area contributed by atoms with Crippen LogP contribution in [0.25, 0.3) is 0 Å². The summed E-state index contributed by atoms with van der Waals surface area (Å²) in [5.74, 6) is 0.755. The van der Waals surface area contributed by atoms with Crippen molar-refractivity contribution < 1.29 is 23.5 Å². The first-order valence-corrected chi connectivity index (χ1v) is 9.28. The van der Waals surface area contributed by atoms with Crippen molar-refractivity contribution in [1.29, 1.82) is 0 Å². The maximum atomic E-state index is 12.3. The number of anilines is 1. The minimum absolute atomic E-state index is 0.321. The Hall–Kier alpha value is -3.54. The minimum atomic E-state index is -0.953. The van der Waals surface area contributed by atoms with E-state index in [1.807, 2.05) is 30.3 Å². The van der Waals surface area contributed by atoms with Gasteiger partial charge in [-0.05, 0) is 56.7 Å². The molecular weight excluding hydrogens is 370 g/mol. The first-order valence-electron chi connectivity index (χ1n) is 9.28. The standard InChI is InChI=1S/C23H23NO5/c1-15-13-21(16(2)28-15)23(26)29-17(3)22(25)24-19-9-11-20(12-10-19)27-14-18-7-5-4-6-8-18/h4-13,17H,14H2,1-3H3,(H,24,25)/t17-/m1/s1. The molecule has 1 atom stereocenters. The number of ether oxygens (including phenoxy) is 2. The van der Waals surface area contributed by atoms with Crippen molar-refractivity contribution in [2.75, 3.05) is 5.32 Å². The normalized spacial score (nSPS) is 11.6.